The summed E-state index contributed by atoms with van der Waals surface area (Å²) in [5.41, 5.74) is 2.48. The highest BCUT2D eigenvalue weighted by Crippen LogP contribution is 2.31. The normalized spacial score (nSPS) is 18.8. The van der Waals surface area contributed by atoms with Gasteiger partial charge < -0.3 is 25.6 Å². The maximum Gasteiger partial charge on any atom is 0.408 e. The fraction of sp³-hybridized carbons (Fsp3) is 0.575. The smallest absolute Gasteiger partial charge is 0.408 e. The number of rotatable bonds is 12. The molecule has 0 bridgehead atoms. The number of likely N-dealkylation sites (tertiary alicyclic amines) is 1. The Bertz CT molecular complexity index is 1860. The number of nitrogens with one attached hydrogen (secondary N) is 4. The first-order valence-electron chi connectivity index (χ1n) is 18.6. The molecular formula is C40H57N5O8S. The molecule has 54 heavy (non-hydrogen) atoms. The van der Waals surface area contributed by atoms with Crippen LogP contribution in [0.5, 0.6) is 0 Å². The molecule has 1 aliphatic carbocycles. The summed E-state index contributed by atoms with van der Waals surface area (Å²) in [5, 5.41) is 7.80. The van der Waals surface area contributed by atoms with Gasteiger partial charge in [0.15, 0.2) is 0 Å². The van der Waals surface area contributed by atoms with Gasteiger partial charge in [0.2, 0.25) is 21.8 Å². The zero-order chi connectivity index (χ0) is 40.3. The van der Waals surface area contributed by atoms with Gasteiger partial charge in [0.1, 0.15) is 23.7 Å². The molecule has 2 aliphatic rings. The summed E-state index contributed by atoms with van der Waals surface area (Å²) in [7, 11) is -3.89. The van der Waals surface area contributed by atoms with Gasteiger partial charge in [0.25, 0.3) is 11.8 Å². The van der Waals surface area contributed by atoms with E-state index in [9.17, 15) is 32.4 Å². The molecule has 4 N–H and O–H groups in total. The van der Waals surface area contributed by atoms with Gasteiger partial charge in [0, 0.05) is 18.2 Å². The van der Waals surface area contributed by atoms with Crippen LogP contribution in [-0.2, 0) is 29.1 Å². The molecule has 5 amide bonds. The van der Waals surface area contributed by atoms with E-state index >= 15 is 0 Å². The van der Waals surface area contributed by atoms with Gasteiger partial charge in [-0.05, 0) is 100.0 Å². The number of amides is 5. The number of nitrogens with zero attached hydrogens (tertiary/aromatic N) is 1. The maximum atomic E-state index is 14.5. The number of carbonyl (C=O) groups excluding carboxylic acids is 5. The fourth-order valence-corrected chi connectivity index (χ4v) is 7.88. The minimum absolute atomic E-state index is 0.00531. The number of alkyl carbamates (subject to hydrolysis) is 1. The maximum absolute atomic E-state index is 14.5. The second-order valence-electron chi connectivity index (χ2n) is 17.1. The lowest BCUT2D eigenvalue weighted by Crippen LogP contribution is -2.59. The lowest BCUT2D eigenvalue weighted by Gasteiger charge is -2.36. The van der Waals surface area contributed by atoms with Gasteiger partial charge in [0.05, 0.1) is 5.25 Å². The minimum atomic E-state index is -3.89. The van der Waals surface area contributed by atoms with Crippen molar-refractivity contribution in [2.75, 3.05) is 6.54 Å². The number of ether oxygens (including phenoxy) is 1. The van der Waals surface area contributed by atoms with Gasteiger partial charge in [-0.25, -0.2) is 13.2 Å². The van der Waals surface area contributed by atoms with Crippen LogP contribution in [0.15, 0.2) is 42.5 Å². The average Bonchev–Trinajstić information content (AvgIpc) is 3.84. The summed E-state index contributed by atoms with van der Waals surface area (Å²) in [5.74, 6) is -2.62. The van der Waals surface area contributed by atoms with E-state index in [-0.39, 0.29) is 25.3 Å². The van der Waals surface area contributed by atoms with E-state index in [1.54, 1.807) is 53.7 Å². The van der Waals surface area contributed by atoms with Crippen LogP contribution in [0.1, 0.15) is 103 Å². The molecule has 1 heterocycles. The van der Waals surface area contributed by atoms with Crippen molar-refractivity contribution >= 4 is 39.7 Å². The van der Waals surface area contributed by atoms with Crippen molar-refractivity contribution in [2.45, 2.75) is 130 Å². The highest BCUT2D eigenvalue weighted by Gasteiger charge is 2.47. The van der Waals surface area contributed by atoms with E-state index < -0.39 is 80.2 Å². The predicted molar refractivity (Wildman–Crippen MR) is 207 cm³/mol. The lowest BCUT2D eigenvalue weighted by molar-refractivity contribution is -0.142. The topological polar surface area (TPSA) is 180 Å². The molecule has 2 fully saturated rings. The summed E-state index contributed by atoms with van der Waals surface area (Å²) < 4.78 is 32.9. The third-order valence-electron chi connectivity index (χ3n) is 9.61. The lowest BCUT2D eigenvalue weighted by atomic mass is 9.85. The van der Waals surface area contributed by atoms with E-state index in [1.807, 2.05) is 58.0 Å². The molecule has 1 saturated carbocycles. The molecule has 2 aromatic carbocycles. The van der Waals surface area contributed by atoms with Crippen LogP contribution in [0, 0.1) is 25.2 Å². The number of hydrogen-bond donors (Lipinski definition) is 4. The molecule has 0 radical (unpaired) electrons. The molecule has 296 valence electrons. The zero-order valence-corrected chi connectivity index (χ0v) is 34.0. The molecule has 0 spiro atoms. The van der Waals surface area contributed by atoms with Gasteiger partial charge in [-0.2, -0.15) is 0 Å². The summed E-state index contributed by atoms with van der Waals surface area (Å²) in [6.07, 6.45) is 0.233. The molecule has 13 nitrogen and oxygen atoms in total. The quantitative estimate of drug-likeness (QED) is 0.239. The Morgan fingerprint density at radius 3 is 2.11 bits per heavy atom. The number of sulfonamides is 1. The third kappa shape index (κ3) is 10.8. The number of hydrogen-bond acceptors (Lipinski definition) is 8. The fourth-order valence-electron chi connectivity index (χ4n) is 6.54. The first-order valence-corrected chi connectivity index (χ1v) is 20.2. The molecule has 4 rings (SSSR count). The molecule has 14 heteroatoms. The van der Waals surface area contributed by atoms with Crippen LogP contribution in [0.3, 0.4) is 0 Å². The average molecular weight is 768 g/mol. The Balaban J connectivity index is 1.66. The molecule has 2 aromatic rings. The zero-order valence-electron chi connectivity index (χ0n) is 33.2. The first-order chi connectivity index (χ1) is 25.0. The number of benzene rings is 2. The van der Waals surface area contributed by atoms with E-state index in [0.717, 1.165) is 22.3 Å². The minimum Gasteiger partial charge on any atom is -0.444 e. The van der Waals surface area contributed by atoms with E-state index in [2.05, 4.69) is 20.7 Å². The Kier molecular flexibility index (Phi) is 12.9. The van der Waals surface area contributed by atoms with E-state index in [1.165, 1.54) is 4.90 Å². The first kappa shape index (κ1) is 42.3. The van der Waals surface area contributed by atoms with Gasteiger partial charge in [-0.1, -0.05) is 71.0 Å². The summed E-state index contributed by atoms with van der Waals surface area (Å²) >= 11 is 0. The highest BCUT2D eigenvalue weighted by molar-refractivity contribution is 7.90. The van der Waals surface area contributed by atoms with Crippen molar-refractivity contribution in [1.29, 1.82) is 0 Å². The summed E-state index contributed by atoms with van der Waals surface area (Å²) in [4.78, 5) is 70.3. The molecular weight excluding hydrogens is 711 g/mol. The van der Waals surface area contributed by atoms with Crippen LogP contribution in [0.25, 0.3) is 11.1 Å². The highest BCUT2D eigenvalue weighted by atomic mass is 32.2. The Hall–Kier alpha value is -4.46. The van der Waals surface area contributed by atoms with Gasteiger partial charge in [-0.3, -0.25) is 23.9 Å². The predicted octanol–water partition coefficient (Wildman–Crippen LogP) is 4.75. The van der Waals surface area contributed by atoms with Crippen LogP contribution in [0.4, 0.5) is 4.79 Å². The van der Waals surface area contributed by atoms with Crippen molar-refractivity contribution in [3.05, 3.63) is 59.2 Å². The third-order valence-corrected chi connectivity index (χ3v) is 11.4. The van der Waals surface area contributed by atoms with Crippen molar-refractivity contribution in [1.82, 2.24) is 25.6 Å². The van der Waals surface area contributed by atoms with Gasteiger partial charge >= 0.3 is 6.09 Å². The molecule has 0 unspecified atom stereocenters. The number of aryl methyl sites for hydroxylation is 1. The summed E-state index contributed by atoms with van der Waals surface area (Å²) in [6, 6.07) is 8.88. The van der Waals surface area contributed by atoms with Crippen LogP contribution in [-0.4, -0.2) is 84.6 Å². The number of carbonyl (C=O) groups is 5. The van der Waals surface area contributed by atoms with Crippen molar-refractivity contribution in [3.63, 3.8) is 0 Å². The van der Waals surface area contributed by atoms with Crippen LogP contribution >= 0.6 is 0 Å². The Morgan fingerprint density at radius 1 is 0.889 bits per heavy atom. The van der Waals surface area contributed by atoms with E-state index in [0.29, 0.717) is 18.4 Å². The standard InChI is InChI=1S/C40H57N5O8S/c1-23(2)20-31(35(47)44-54(51,52)27-18-19-27)42-36(48)32-21-26(22-45(32)37(49)33(39(5,6)7)43-38(50)53-40(8,9)10)41-34(46)30-16-12-11-15-29(30)28-17-13-14-24(3)25(28)4/h11-17,23,26-27,31-33H,18-22H2,1-10H3,(H,41,46)(H,42,48)(H,43,50)(H,44,47)/t26-,31-,32-,33+/m0/s1. The second-order valence-corrected chi connectivity index (χ2v) is 19.0. The second kappa shape index (κ2) is 16.5. The SMILES string of the molecule is Cc1cccc(-c2ccccc2C(=O)N[C@H]2C[C@@H](C(=O)N[C@@H](CC(C)C)C(=O)NS(=O)(=O)C3CC3)N(C(=O)[C@@H](NC(=O)OC(C)(C)C)C(C)(C)C)C2)c1C. The molecule has 1 aliphatic heterocycles. The molecule has 0 aromatic heterocycles. The largest absolute Gasteiger partial charge is 0.444 e. The van der Waals surface area contributed by atoms with Crippen molar-refractivity contribution in [2.24, 2.45) is 11.3 Å². The van der Waals surface area contributed by atoms with Crippen molar-refractivity contribution < 1.29 is 37.1 Å². The molecule has 1 saturated heterocycles. The van der Waals surface area contributed by atoms with E-state index in [4.69, 9.17) is 4.74 Å². The Labute approximate surface area is 319 Å². The van der Waals surface area contributed by atoms with Crippen LogP contribution < -0.4 is 20.7 Å². The summed E-state index contributed by atoms with van der Waals surface area (Å²) in [6.45, 7) is 18.0. The molecule has 4 atom stereocenters. The van der Waals surface area contributed by atoms with Crippen molar-refractivity contribution in [3.8, 4) is 11.1 Å². The van der Waals surface area contributed by atoms with Gasteiger partial charge in [-0.15, -0.1) is 0 Å². The Morgan fingerprint density at radius 2 is 1.52 bits per heavy atom. The van der Waals surface area contributed by atoms with Crippen LogP contribution in [0.2, 0.25) is 0 Å². The monoisotopic (exact) mass is 767 g/mol.